The fraction of sp³-hybridized carbons (Fsp3) is 0.400. The predicted octanol–water partition coefficient (Wildman–Crippen LogP) is 2.56. The molecule has 5 nitrogen and oxygen atoms in total. The molecule has 22 heavy (non-hydrogen) atoms. The summed E-state index contributed by atoms with van der Waals surface area (Å²) in [5, 5.41) is 4.03. The quantitative estimate of drug-likeness (QED) is 0.930. The molecule has 1 aliphatic heterocycles. The highest BCUT2D eigenvalue weighted by atomic mass is 35.5. The van der Waals surface area contributed by atoms with E-state index in [1.165, 1.54) is 0 Å². The van der Waals surface area contributed by atoms with Crippen LogP contribution in [-0.4, -0.2) is 32.4 Å². The number of amides is 1. The highest BCUT2D eigenvalue weighted by Gasteiger charge is 2.28. The first-order valence-electron chi connectivity index (χ1n) is 7.03. The van der Waals surface area contributed by atoms with E-state index in [0.29, 0.717) is 23.6 Å². The van der Waals surface area contributed by atoms with E-state index in [1.807, 2.05) is 6.07 Å². The molecule has 1 N–H and O–H groups in total. The summed E-state index contributed by atoms with van der Waals surface area (Å²) in [5.74, 6) is 0.200. The van der Waals surface area contributed by atoms with Gasteiger partial charge in [-0.3, -0.25) is 4.79 Å². The van der Waals surface area contributed by atoms with Crippen LogP contribution >= 0.6 is 11.6 Å². The Morgan fingerprint density at radius 2 is 2.23 bits per heavy atom. The van der Waals surface area contributed by atoms with Gasteiger partial charge in [0.05, 0.1) is 16.5 Å². The van der Waals surface area contributed by atoms with E-state index in [9.17, 15) is 13.2 Å². The van der Waals surface area contributed by atoms with E-state index in [1.54, 1.807) is 19.1 Å². The molecule has 0 radical (unpaired) electrons. The van der Waals surface area contributed by atoms with Gasteiger partial charge in [0, 0.05) is 17.5 Å². The molecule has 0 bridgehead atoms. The van der Waals surface area contributed by atoms with Crippen LogP contribution in [0.5, 0.6) is 0 Å². The first kappa shape index (κ1) is 15.4. The van der Waals surface area contributed by atoms with Crippen LogP contribution in [-0.2, 0) is 9.84 Å². The highest BCUT2D eigenvalue weighted by molar-refractivity contribution is 7.91. The summed E-state index contributed by atoms with van der Waals surface area (Å²) in [6, 6.07) is 5.36. The van der Waals surface area contributed by atoms with Crippen molar-refractivity contribution in [3.05, 3.63) is 34.5 Å². The number of fused-ring (bicyclic) bond motifs is 1. The monoisotopic (exact) mass is 341 g/mol. The van der Waals surface area contributed by atoms with E-state index < -0.39 is 9.84 Å². The molecule has 0 saturated carbocycles. The second-order valence-electron chi connectivity index (χ2n) is 5.65. The zero-order valence-electron chi connectivity index (χ0n) is 12.1. The van der Waals surface area contributed by atoms with Gasteiger partial charge in [-0.25, -0.2) is 8.42 Å². The third-order valence-electron chi connectivity index (χ3n) is 4.00. The molecular weight excluding hydrogens is 326 g/mol. The van der Waals surface area contributed by atoms with Crippen LogP contribution in [0, 0.1) is 12.8 Å². The van der Waals surface area contributed by atoms with Crippen molar-refractivity contribution in [2.24, 2.45) is 5.92 Å². The number of hydrogen-bond acceptors (Lipinski definition) is 4. The van der Waals surface area contributed by atoms with Crippen LogP contribution < -0.4 is 5.32 Å². The minimum absolute atomic E-state index is 0.0257. The van der Waals surface area contributed by atoms with Crippen LogP contribution in [0.15, 0.2) is 22.6 Å². The van der Waals surface area contributed by atoms with Gasteiger partial charge in [0.1, 0.15) is 0 Å². The van der Waals surface area contributed by atoms with E-state index >= 15 is 0 Å². The number of furan rings is 1. The number of hydrogen-bond donors (Lipinski definition) is 1. The Bertz CT molecular complexity index is 841. The molecule has 0 aliphatic carbocycles. The van der Waals surface area contributed by atoms with Crippen molar-refractivity contribution >= 4 is 38.3 Å². The van der Waals surface area contributed by atoms with Gasteiger partial charge < -0.3 is 9.73 Å². The second-order valence-corrected chi connectivity index (χ2v) is 8.29. The van der Waals surface area contributed by atoms with Crippen molar-refractivity contribution in [3.63, 3.8) is 0 Å². The normalized spacial score (nSPS) is 20.4. The molecular formula is C15H16ClNO4S. The summed E-state index contributed by atoms with van der Waals surface area (Å²) < 4.78 is 28.4. The molecule has 1 amide bonds. The van der Waals surface area contributed by atoms with Crippen molar-refractivity contribution in [1.29, 1.82) is 0 Å². The van der Waals surface area contributed by atoms with E-state index in [0.717, 1.165) is 10.9 Å². The average Bonchev–Trinajstić information content (AvgIpc) is 2.98. The van der Waals surface area contributed by atoms with Crippen molar-refractivity contribution < 1.29 is 17.6 Å². The lowest BCUT2D eigenvalue weighted by molar-refractivity contribution is 0.0922. The van der Waals surface area contributed by atoms with Gasteiger partial charge in [-0.2, -0.15) is 0 Å². The summed E-state index contributed by atoms with van der Waals surface area (Å²) in [5.41, 5.74) is 1.23. The standard InChI is InChI=1S/C15H16ClNO4S/c1-9-11-3-2-4-12(16)14(11)21-13(9)15(18)17-7-10-5-6-22(19,20)8-10/h2-4,10H,5-8H2,1H3,(H,17,18). The number of halogens is 1. The molecule has 2 aromatic rings. The molecule has 1 fully saturated rings. The Hall–Kier alpha value is -1.53. The largest absolute Gasteiger partial charge is 0.449 e. The summed E-state index contributed by atoms with van der Waals surface area (Å²) in [6.07, 6.45) is 0.591. The third-order valence-corrected chi connectivity index (χ3v) is 6.13. The topological polar surface area (TPSA) is 76.4 Å². The molecule has 1 saturated heterocycles. The zero-order chi connectivity index (χ0) is 15.9. The summed E-state index contributed by atoms with van der Waals surface area (Å²) in [6.45, 7) is 2.14. The van der Waals surface area contributed by atoms with Gasteiger partial charge in [-0.15, -0.1) is 0 Å². The van der Waals surface area contributed by atoms with Gasteiger partial charge in [-0.1, -0.05) is 23.7 Å². The molecule has 1 aromatic heterocycles. The zero-order valence-corrected chi connectivity index (χ0v) is 13.6. The van der Waals surface area contributed by atoms with Gasteiger partial charge in [0.2, 0.25) is 0 Å². The molecule has 1 unspecified atom stereocenters. The molecule has 3 rings (SSSR count). The Kier molecular flexibility index (Phi) is 3.91. The molecule has 1 aliphatic rings. The number of para-hydroxylation sites is 1. The number of aryl methyl sites for hydroxylation is 1. The summed E-state index contributed by atoms with van der Waals surface area (Å²) >= 11 is 6.07. The maximum atomic E-state index is 12.3. The molecule has 1 aromatic carbocycles. The summed E-state index contributed by atoms with van der Waals surface area (Å²) in [4.78, 5) is 12.3. The number of sulfone groups is 1. The first-order valence-corrected chi connectivity index (χ1v) is 9.23. The smallest absolute Gasteiger partial charge is 0.287 e. The van der Waals surface area contributed by atoms with Crippen LogP contribution in [0.4, 0.5) is 0 Å². The third kappa shape index (κ3) is 2.85. The minimum Gasteiger partial charge on any atom is -0.449 e. The Labute approximate surface area is 133 Å². The molecule has 7 heteroatoms. The number of nitrogens with one attached hydrogen (secondary N) is 1. The lowest BCUT2D eigenvalue weighted by Gasteiger charge is -2.08. The fourth-order valence-electron chi connectivity index (χ4n) is 2.78. The lowest BCUT2D eigenvalue weighted by atomic mass is 10.1. The Morgan fingerprint density at radius 1 is 1.45 bits per heavy atom. The predicted molar refractivity (Wildman–Crippen MR) is 85.1 cm³/mol. The lowest BCUT2D eigenvalue weighted by Crippen LogP contribution is -2.29. The Morgan fingerprint density at radius 3 is 2.86 bits per heavy atom. The van der Waals surface area contributed by atoms with Crippen LogP contribution in [0.1, 0.15) is 22.5 Å². The van der Waals surface area contributed by atoms with Crippen molar-refractivity contribution in [1.82, 2.24) is 5.32 Å². The van der Waals surface area contributed by atoms with Crippen molar-refractivity contribution in [2.75, 3.05) is 18.1 Å². The minimum atomic E-state index is -2.93. The van der Waals surface area contributed by atoms with E-state index in [2.05, 4.69) is 5.32 Å². The first-order chi connectivity index (χ1) is 10.4. The maximum Gasteiger partial charge on any atom is 0.287 e. The highest BCUT2D eigenvalue weighted by Crippen LogP contribution is 2.30. The van der Waals surface area contributed by atoms with Crippen LogP contribution in [0.3, 0.4) is 0 Å². The second kappa shape index (κ2) is 5.59. The molecule has 2 heterocycles. The maximum absolute atomic E-state index is 12.3. The van der Waals surface area contributed by atoms with Gasteiger partial charge in [0.15, 0.2) is 21.2 Å². The number of benzene rings is 1. The fourth-order valence-corrected chi connectivity index (χ4v) is 4.85. The van der Waals surface area contributed by atoms with E-state index in [4.69, 9.17) is 16.0 Å². The van der Waals surface area contributed by atoms with Gasteiger partial charge in [-0.05, 0) is 25.3 Å². The van der Waals surface area contributed by atoms with Crippen molar-refractivity contribution in [2.45, 2.75) is 13.3 Å². The van der Waals surface area contributed by atoms with Crippen LogP contribution in [0.25, 0.3) is 11.0 Å². The van der Waals surface area contributed by atoms with Crippen molar-refractivity contribution in [3.8, 4) is 0 Å². The van der Waals surface area contributed by atoms with Crippen LogP contribution in [0.2, 0.25) is 5.02 Å². The van der Waals surface area contributed by atoms with E-state index in [-0.39, 0.29) is 29.1 Å². The summed E-state index contributed by atoms with van der Waals surface area (Å²) in [7, 11) is -2.93. The van der Waals surface area contributed by atoms with Gasteiger partial charge in [0.25, 0.3) is 5.91 Å². The Balaban J connectivity index is 1.76. The number of carbonyl (C=O) groups excluding carboxylic acids is 1. The molecule has 1 atom stereocenters. The number of rotatable bonds is 3. The number of carbonyl (C=O) groups is 1. The molecule has 0 spiro atoms. The SMILES string of the molecule is Cc1c(C(=O)NCC2CCS(=O)(=O)C2)oc2c(Cl)cccc12. The molecule has 118 valence electrons. The average molecular weight is 342 g/mol. The van der Waals surface area contributed by atoms with Gasteiger partial charge >= 0.3 is 0 Å².